The van der Waals surface area contributed by atoms with Crippen LogP contribution in [-0.4, -0.2) is 64.1 Å². The van der Waals surface area contributed by atoms with E-state index < -0.39 is 0 Å². The molecule has 0 spiro atoms. The van der Waals surface area contributed by atoms with Gasteiger partial charge in [-0.15, -0.1) is 0 Å². The summed E-state index contributed by atoms with van der Waals surface area (Å²) in [5.74, 6) is 7.43. The second-order valence-electron chi connectivity index (χ2n) is 9.65. The minimum Gasteiger partial charge on any atom is -0.395 e. The smallest absolute Gasteiger partial charge is 0.228 e. The molecule has 4 rings (SSSR count). The van der Waals surface area contributed by atoms with Gasteiger partial charge >= 0.3 is 0 Å². The highest BCUT2D eigenvalue weighted by molar-refractivity contribution is 5.78. The lowest BCUT2D eigenvalue weighted by molar-refractivity contribution is -0.135. The lowest BCUT2D eigenvalue weighted by atomic mass is 9.74. The predicted octanol–water partition coefficient (Wildman–Crippen LogP) is 3.47. The molecule has 3 atom stereocenters. The Balaban J connectivity index is 1.49. The molecule has 174 valence electrons. The number of benzene rings is 1. The number of amides is 1. The van der Waals surface area contributed by atoms with Gasteiger partial charge in [0.2, 0.25) is 5.91 Å². The van der Waals surface area contributed by atoms with Gasteiger partial charge in [0, 0.05) is 55.0 Å². The molecular weight excluding hydrogens is 410 g/mol. The molecule has 1 N–H and O–H groups in total. The summed E-state index contributed by atoms with van der Waals surface area (Å²) in [5, 5.41) is 10.2. The number of aliphatic hydroxyl groups excluding tert-OH is 1. The van der Waals surface area contributed by atoms with Crippen LogP contribution < -0.4 is 0 Å². The molecule has 2 aliphatic heterocycles. The van der Waals surface area contributed by atoms with Crippen molar-refractivity contribution in [3.8, 4) is 11.8 Å². The van der Waals surface area contributed by atoms with Gasteiger partial charge in [-0.2, -0.15) is 0 Å². The summed E-state index contributed by atoms with van der Waals surface area (Å²) in [6.07, 6.45) is 5.01. The molecule has 0 aliphatic carbocycles. The monoisotopic (exact) mass is 445 g/mol. The van der Waals surface area contributed by atoms with Crippen LogP contribution in [-0.2, 0) is 11.2 Å². The van der Waals surface area contributed by atoms with Gasteiger partial charge < -0.3 is 10.0 Å². The normalized spacial score (nSPS) is 23.0. The van der Waals surface area contributed by atoms with E-state index in [0.29, 0.717) is 18.9 Å². The molecule has 33 heavy (non-hydrogen) atoms. The standard InChI is InChI=1S/C28H35N3O2/c1-21(2)8-7-9-22-11-13-23(14-12-22)28-25-19-30(16-5-6-17-31(25)26(28)20-32)27(33)18-24-10-3-4-15-29-24/h3-4,10-15,21,25-26,28,32H,5-6,8,16-20H2,1-2H3/t25-,26-,28-/m1/s1. The molecule has 0 saturated carbocycles. The summed E-state index contributed by atoms with van der Waals surface area (Å²) in [4.78, 5) is 21.8. The number of nitrogens with zero attached hydrogens (tertiary/aromatic N) is 3. The molecule has 2 saturated heterocycles. The van der Waals surface area contributed by atoms with E-state index in [-0.39, 0.29) is 30.5 Å². The summed E-state index contributed by atoms with van der Waals surface area (Å²) in [6, 6.07) is 14.5. The molecule has 0 unspecified atom stereocenters. The molecule has 1 aromatic heterocycles. The van der Waals surface area contributed by atoms with Gasteiger partial charge in [0.15, 0.2) is 0 Å². The van der Waals surface area contributed by atoms with Crippen molar-refractivity contribution < 1.29 is 9.90 Å². The van der Waals surface area contributed by atoms with Crippen LogP contribution in [0, 0.1) is 17.8 Å². The number of pyridine rings is 1. The number of hydrogen-bond donors (Lipinski definition) is 1. The molecule has 3 heterocycles. The summed E-state index contributed by atoms with van der Waals surface area (Å²) in [5.41, 5.74) is 3.07. The van der Waals surface area contributed by atoms with Crippen LogP contribution in [0.4, 0.5) is 0 Å². The summed E-state index contributed by atoms with van der Waals surface area (Å²) in [6.45, 7) is 6.95. The Hall–Kier alpha value is -2.68. The first kappa shape index (κ1) is 23.5. The van der Waals surface area contributed by atoms with E-state index in [1.54, 1.807) is 6.20 Å². The number of carbonyl (C=O) groups excluding carboxylic acids is 1. The third-order valence-electron chi connectivity index (χ3n) is 6.82. The average Bonchev–Trinajstić information content (AvgIpc) is 2.79. The van der Waals surface area contributed by atoms with Gasteiger partial charge in [0.05, 0.1) is 13.0 Å². The second kappa shape index (κ2) is 11.0. The van der Waals surface area contributed by atoms with Crippen LogP contribution >= 0.6 is 0 Å². The number of fused-ring (bicyclic) bond motifs is 1. The van der Waals surface area contributed by atoms with E-state index in [4.69, 9.17) is 0 Å². The number of aromatic nitrogens is 1. The summed E-state index contributed by atoms with van der Waals surface area (Å²) >= 11 is 0. The first-order valence-electron chi connectivity index (χ1n) is 12.2. The van der Waals surface area contributed by atoms with Gasteiger partial charge in [-0.1, -0.05) is 43.9 Å². The van der Waals surface area contributed by atoms with E-state index >= 15 is 0 Å². The van der Waals surface area contributed by atoms with Gasteiger partial charge in [-0.05, 0) is 55.1 Å². The van der Waals surface area contributed by atoms with Crippen molar-refractivity contribution in [2.24, 2.45) is 5.92 Å². The average molecular weight is 446 g/mol. The molecule has 0 bridgehead atoms. The fourth-order valence-corrected chi connectivity index (χ4v) is 5.08. The molecular formula is C28H35N3O2. The number of aliphatic hydroxyl groups is 1. The zero-order chi connectivity index (χ0) is 23.2. The maximum Gasteiger partial charge on any atom is 0.228 e. The Labute approximate surface area is 197 Å². The quantitative estimate of drug-likeness (QED) is 0.716. The maximum absolute atomic E-state index is 13.1. The Morgan fingerprint density at radius 2 is 1.94 bits per heavy atom. The van der Waals surface area contributed by atoms with E-state index in [9.17, 15) is 9.90 Å². The fourth-order valence-electron chi connectivity index (χ4n) is 5.08. The zero-order valence-electron chi connectivity index (χ0n) is 19.8. The minimum absolute atomic E-state index is 0.110. The largest absolute Gasteiger partial charge is 0.395 e. The fraction of sp³-hybridized carbons (Fsp3) is 0.500. The summed E-state index contributed by atoms with van der Waals surface area (Å²) < 4.78 is 0. The third kappa shape index (κ3) is 5.63. The van der Waals surface area contributed by atoms with Crippen LogP contribution in [0.3, 0.4) is 0 Å². The Morgan fingerprint density at radius 1 is 1.15 bits per heavy atom. The minimum atomic E-state index is 0.110. The highest BCUT2D eigenvalue weighted by atomic mass is 16.3. The summed E-state index contributed by atoms with van der Waals surface area (Å²) in [7, 11) is 0. The van der Waals surface area contributed by atoms with Crippen LogP contribution in [0.5, 0.6) is 0 Å². The second-order valence-corrected chi connectivity index (χ2v) is 9.65. The maximum atomic E-state index is 13.1. The molecule has 1 amide bonds. The van der Waals surface area contributed by atoms with Crippen molar-refractivity contribution in [3.05, 3.63) is 65.5 Å². The Kier molecular flexibility index (Phi) is 7.80. The lowest BCUT2D eigenvalue weighted by Gasteiger charge is -2.57. The molecule has 5 nitrogen and oxygen atoms in total. The molecule has 2 aliphatic rings. The van der Waals surface area contributed by atoms with Gasteiger partial charge in [0.25, 0.3) is 0 Å². The number of rotatable bonds is 5. The Bertz CT molecular complexity index is 978. The molecule has 2 aromatic rings. The predicted molar refractivity (Wildman–Crippen MR) is 131 cm³/mol. The molecule has 0 radical (unpaired) electrons. The van der Waals surface area contributed by atoms with E-state index in [1.807, 2.05) is 23.1 Å². The zero-order valence-corrected chi connectivity index (χ0v) is 19.8. The molecule has 1 aromatic carbocycles. The van der Waals surface area contributed by atoms with Gasteiger partial charge in [-0.3, -0.25) is 14.7 Å². The third-order valence-corrected chi connectivity index (χ3v) is 6.82. The molecule has 5 heteroatoms. The molecule has 2 fully saturated rings. The van der Waals surface area contributed by atoms with E-state index in [2.05, 4.69) is 59.8 Å². The van der Waals surface area contributed by atoms with Crippen molar-refractivity contribution in [1.29, 1.82) is 0 Å². The van der Waals surface area contributed by atoms with Crippen molar-refractivity contribution in [2.45, 2.75) is 57.5 Å². The van der Waals surface area contributed by atoms with Gasteiger partial charge in [-0.25, -0.2) is 0 Å². The van der Waals surface area contributed by atoms with Crippen molar-refractivity contribution in [2.75, 3.05) is 26.2 Å². The van der Waals surface area contributed by atoms with Crippen LogP contribution in [0.15, 0.2) is 48.7 Å². The lowest BCUT2D eigenvalue weighted by Crippen LogP contribution is -2.68. The van der Waals surface area contributed by atoms with Crippen LogP contribution in [0.25, 0.3) is 0 Å². The van der Waals surface area contributed by atoms with Gasteiger partial charge in [0.1, 0.15) is 0 Å². The van der Waals surface area contributed by atoms with Crippen molar-refractivity contribution in [1.82, 2.24) is 14.8 Å². The number of hydrogen-bond acceptors (Lipinski definition) is 4. The van der Waals surface area contributed by atoms with E-state index in [0.717, 1.165) is 43.6 Å². The number of carbonyl (C=O) groups is 1. The van der Waals surface area contributed by atoms with Crippen LogP contribution in [0.2, 0.25) is 0 Å². The van der Waals surface area contributed by atoms with Crippen molar-refractivity contribution >= 4 is 5.91 Å². The Morgan fingerprint density at radius 3 is 2.64 bits per heavy atom. The van der Waals surface area contributed by atoms with Crippen LogP contribution in [0.1, 0.15) is 55.8 Å². The SMILES string of the molecule is CC(C)CC#Cc1ccc([C@H]2[C@@H](CO)N3CCCCN(C(=O)Cc4ccccn4)C[C@H]23)cc1. The first-order valence-corrected chi connectivity index (χ1v) is 12.2. The highest BCUT2D eigenvalue weighted by Gasteiger charge is 2.49. The van der Waals surface area contributed by atoms with E-state index in [1.165, 1.54) is 5.56 Å². The first-order chi connectivity index (χ1) is 16.1. The highest BCUT2D eigenvalue weighted by Crippen LogP contribution is 2.42. The van der Waals surface area contributed by atoms with Crippen molar-refractivity contribution in [3.63, 3.8) is 0 Å². The topological polar surface area (TPSA) is 56.7 Å².